The fourth-order valence-electron chi connectivity index (χ4n) is 1.96. The Morgan fingerprint density at radius 2 is 1.38 bits per heavy atom. The van der Waals surface area contributed by atoms with Gasteiger partial charge in [-0.05, 0) is 24.3 Å². The highest BCUT2D eigenvalue weighted by Gasteiger charge is 2.75. The number of halogens is 6. The molecule has 0 amide bonds. The van der Waals surface area contributed by atoms with Crippen LogP contribution in [0.25, 0.3) is 0 Å². The predicted molar refractivity (Wildman–Crippen MR) is 69.3 cm³/mol. The summed E-state index contributed by atoms with van der Waals surface area (Å²) in [6.07, 6.45) is -11.5. The van der Waals surface area contributed by atoms with Crippen molar-refractivity contribution in [3.63, 3.8) is 0 Å². The van der Waals surface area contributed by atoms with Gasteiger partial charge in [0.2, 0.25) is 10.0 Å². The average molecular weight is 373 g/mol. The number of alkyl halides is 6. The van der Waals surface area contributed by atoms with E-state index in [1.807, 2.05) is 0 Å². The second kappa shape index (κ2) is 5.81. The first-order chi connectivity index (χ1) is 10.9. The quantitative estimate of drug-likeness (QED) is 0.834. The Labute approximate surface area is 132 Å². The second-order valence-corrected chi connectivity index (χ2v) is 6.32. The number of hydrogen-bond donors (Lipinski definition) is 1. The van der Waals surface area contributed by atoms with E-state index in [4.69, 9.17) is 0 Å². The maximum absolute atomic E-state index is 13.4. The van der Waals surface area contributed by atoms with Crippen LogP contribution in [-0.2, 0) is 15.6 Å². The molecular weight excluding hydrogens is 364 g/mol. The van der Waals surface area contributed by atoms with Crippen molar-refractivity contribution in [3.8, 4) is 0 Å². The summed E-state index contributed by atoms with van der Waals surface area (Å²) in [5.41, 5.74) is -4.92. The number of rotatable bonds is 4. The van der Waals surface area contributed by atoms with Crippen molar-refractivity contribution in [2.45, 2.75) is 22.8 Å². The van der Waals surface area contributed by atoms with Gasteiger partial charge in [0, 0.05) is 0 Å². The van der Waals surface area contributed by atoms with E-state index >= 15 is 0 Å². The van der Waals surface area contributed by atoms with Crippen LogP contribution in [0.15, 0.2) is 58.0 Å². The number of benzene rings is 1. The van der Waals surface area contributed by atoms with Crippen LogP contribution in [0.1, 0.15) is 5.76 Å². The minimum atomic E-state index is -6.05. The zero-order valence-corrected chi connectivity index (χ0v) is 12.3. The molecule has 0 atom stereocenters. The zero-order chi connectivity index (χ0) is 18.2. The van der Waals surface area contributed by atoms with Gasteiger partial charge in [0.1, 0.15) is 5.76 Å². The Kier molecular flexibility index (Phi) is 4.44. The van der Waals surface area contributed by atoms with E-state index in [1.54, 1.807) is 0 Å². The minimum Gasteiger partial charge on any atom is -0.467 e. The van der Waals surface area contributed by atoms with E-state index in [2.05, 4.69) is 4.42 Å². The molecule has 1 aromatic heterocycles. The molecule has 0 spiro atoms. The largest absolute Gasteiger partial charge is 0.467 e. The van der Waals surface area contributed by atoms with E-state index in [0.29, 0.717) is 12.3 Å². The number of hydrogen-bond acceptors (Lipinski definition) is 3. The van der Waals surface area contributed by atoms with Crippen LogP contribution in [0, 0.1) is 0 Å². The molecule has 0 radical (unpaired) electrons. The van der Waals surface area contributed by atoms with Crippen molar-refractivity contribution in [2.24, 2.45) is 0 Å². The maximum atomic E-state index is 13.4. The zero-order valence-electron chi connectivity index (χ0n) is 11.5. The Hall–Kier alpha value is -2.01. The average Bonchev–Trinajstić information content (AvgIpc) is 2.97. The molecule has 0 aliphatic rings. The summed E-state index contributed by atoms with van der Waals surface area (Å²) in [4.78, 5) is -0.755. The molecule has 1 N–H and O–H groups in total. The first kappa shape index (κ1) is 18.3. The first-order valence-corrected chi connectivity index (χ1v) is 7.66. The topological polar surface area (TPSA) is 59.3 Å². The molecule has 11 heteroatoms. The first-order valence-electron chi connectivity index (χ1n) is 6.18. The van der Waals surface area contributed by atoms with Gasteiger partial charge >= 0.3 is 12.4 Å². The second-order valence-electron chi connectivity index (χ2n) is 4.64. The SMILES string of the molecule is O=S(=O)(NC(c1ccco1)(C(F)(F)F)C(F)(F)F)c1ccccc1. The van der Waals surface area contributed by atoms with Crippen molar-refractivity contribution < 1.29 is 39.2 Å². The minimum absolute atomic E-state index is 0.397. The van der Waals surface area contributed by atoms with Crippen molar-refractivity contribution >= 4 is 10.0 Å². The predicted octanol–water partition coefficient (Wildman–Crippen LogP) is 3.58. The highest BCUT2D eigenvalue weighted by atomic mass is 32.2. The van der Waals surface area contributed by atoms with Crippen LogP contribution < -0.4 is 4.72 Å². The van der Waals surface area contributed by atoms with Crippen LogP contribution in [0.3, 0.4) is 0 Å². The number of furan rings is 1. The number of sulfonamides is 1. The third-order valence-electron chi connectivity index (χ3n) is 3.08. The Balaban J connectivity index is 2.69. The summed E-state index contributed by atoms with van der Waals surface area (Å²) in [7, 11) is -5.16. The van der Waals surface area contributed by atoms with Gasteiger partial charge in [-0.15, -0.1) is 0 Å². The molecule has 132 valence electrons. The summed E-state index contributed by atoms with van der Waals surface area (Å²) in [5, 5.41) is 0. The summed E-state index contributed by atoms with van der Waals surface area (Å²) in [6.45, 7) is 0. The lowest BCUT2D eigenvalue weighted by Crippen LogP contribution is -2.64. The lowest BCUT2D eigenvalue weighted by atomic mass is 9.96. The molecule has 24 heavy (non-hydrogen) atoms. The standard InChI is InChI=1S/C13H9F6NO3S/c14-12(15,16)11(13(17,18)19,10-7-4-8-23-10)20-24(21,22)9-5-2-1-3-6-9/h1-8,20H. The van der Waals surface area contributed by atoms with E-state index in [0.717, 1.165) is 35.1 Å². The third-order valence-corrected chi connectivity index (χ3v) is 4.55. The van der Waals surface area contributed by atoms with Gasteiger partial charge in [0.25, 0.3) is 5.54 Å². The molecule has 0 fully saturated rings. The fourth-order valence-corrected chi connectivity index (χ4v) is 3.33. The molecule has 0 saturated carbocycles. The molecule has 1 heterocycles. The molecule has 0 aliphatic heterocycles. The molecular formula is C13H9F6NO3S. The molecule has 0 bridgehead atoms. The van der Waals surface area contributed by atoms with E-state index < -0.39 is 38.6 Å². The summed E-state index contributed by atoms with van der Waals surface area (Å²) in [6, 6.07) is 6.58. The highest BCUT2D eigenvalue weighted by molar-refractivity contribution is 7.89. The van der Waals surface area contributed by atoms with Crippen LogP contribution in [0.4, 0.5) is 26.3 Å². The van der Waals surface area contributed by atoms with Gasteiger partial charge in [-0.3, -0.25) is 0 Å². The van der Waals surface area contributed by atoms with E-state index in [9.17, 15) is 34.8 Å². The smallest absolute Gasteiger partial charge is 0.423 e. The Bertz CT molecular complexity index is 767. The van der Waals surface area contributed by atoms with Crippen molar-refractivity contribution in [3.05, 3.63) is 54.5 Å². The maximum Gasteiger partial charge on any atom is 0.423 e. The normalized spacial score (nSPS) is 13.9. The molecule has 4 nitrogen and oxygen atoms in total. The molecule has 0 unspecified atom stereocenters. The van der Waals surface area contributed by atoms with Crippen LogP contribution in [-0.4, -0.2) is 20.8 Å². The van der Waals surface area contributed by atoms with Crippen molar-refractivity contribution in [1.29, 1.82) is 0 Å². The lowest BCUT2D eigenvalue weighted by Gasteiger charge is -2.35. The van der Waals surface area contributed by atoms with Gasteiger partial charge in [-0.25, -0.2) is 8.42 Å². The van der Waals surface area contributed by atoms with Crippen LogP contribution in [0.2, 0.25) is 0 Å². The van der Waals surface area contributed by atoms with Gasteiger partial charge in [0.05, 0.1) is 11.2 Å². The van der Waals surface area contributed by atoms with E-state index in [1.165, 1.54) is 6.07 Å². The highest BCUT2D eigenvalue weighted by Crippen LogP contribution is 2.51. The van der Waals surface area contributed by atoms with Gasteiger partial charge in [-0.1, -0.05) is 18.2 Å². The van der Waals surface area contributed by atoms with Crippen molar-refractivity contribution in [2.75, 3.05) is 0 Å². The Morgan fingerprint density at radius 3 is 1.79 bits per heavy atom. The fraction of sp³-hybridized carbons (Fsp3) is 0.231. The van der Waals surface area contributed by atoms with Gasteiger partial charge in [-0.2, -0.15) is 31.1 Å². The molecule has 0 aliphatic carbocycles. The monoisotopic (exact) mass is 373 g/mol. The molecule has 0 saturated heterocycles. The van der Waals surface area contributed by atoms with E-state index in [-0.39, 0.29) is 0 Å². The lowest BCUT2D eigenvalue weighted by molar-refractivity contribution is -0.312. The number of nitrogens with one attached hydrogen (secondary N) is 1. The van der Waals surface area contributed by atoms with Gasteiger partial charge < -0.3 is 4.42 Å². The van der Waals surface area contributed by atoms with Gasteiger partial charge in [0.15, 0.2) is 0 Å². The summed E-state index contributed by atoms with van der Waals surface area (Å²) >= 11 is 0. The molecule has 1 aromatic carbocycles. The molecule has 2 rings (SSSR count). The summed E-state index contributed by atoms with van der Waals surface area (Å²) in [5.74, 6) is -1.64. The van der Waals surface area contributed by atoms with Crippen LogP contribution >= 0.6 is 0 Å². The molecule has 2 aromatic rings. The van der Waals surface area contributed by atoms with Crippen LogP contribution in [0.5, 0.6) is 0 Å². The van der Waals surface area contributed by atoms with Crippen molar-refractivity contribution in [1.82, 2.24) is 4.72 Å². The Morgan fingerprint density at radius 1 is 0.833 bits per heavy atom. The third kappa shape index (κ3) is 3.00. The summed E-state index contributed by atoms with van der Waals surface area (Å²) < 4.78 is 109.